The first-order chi connectivity index (χ1) is 51.7. The molecule has 19 heteroatoms. The lowest BCUT2D eigenvalue weighted by Gasteiger charge is -2.21. The number of aliphatic hydroxyl groups excluding tert-OH is 1. The van der Waals surface area contributed by atoms with Crippen molar-refractivity contribution in [3.63, 3.8) is 0 Å². The molecular formula is C87H136O17P2. The van der Waals surface area contributed by atoms with Crippen LogP contribution in [0.15, 0.2) is 207 Å². The second kappa shape index (κ2) is 76.8. The van der Waals surface area contributed by atoms with Gasteiger partial charge in [-0.25, -0.2) is 9.13 Å². The molecule has 0 saturated heterocycles. The molecule has 0 amide bonds. The lowest BCUT2D eigenvalue weighted by Crippen LogP contribution is -2.30. The summed E-state index contributed by atoms with van der Waals surface area (Å²) in [6.07, 6.45) is 95.6. The third kappa shape index (κ3) is 75.9. The third-order valence-electron chi connectivity index (χ3n) is 15.2. The first kappa shape index (κ1) is 99.6. The second-order valence-electron chi connectivity index (χ2n) is 25.1. The summed E-state index contributed by atoms with van der Waals surface area (Å²) in [5.74, 6) is -2.43. The van der Waals surface area contributed by atoms with Crippen LogP contribution < -0.4 is 0 Å². The van der Waals surface area contributed by atoms with Crippen LogP contribution in [0.2, 0.25) is 0 Å². The van der Waals surface area contributed by atoms with Crippen molar-refractivity contribution in [2.24, 2.45) is 0 Å². The van der Waals surface area contributed by atoms with E-state index in [1.165, 1.54) is 0 Å². The number of carbonyl (C=O) groups excluding carboxylic acids is 4. The second-order valence-corrected chi connectivity index (χ2v) is 28.1. The number of allylic oxidation sites excluding steroid dienone is 34. The predicted molar refractivity (Wildman–Crippen MR) is 435 cm³/mol. The molecule has 0 radical (unpaired) electrons. The van der Waals surface area contributed by atoms with Gasteiger partial charge in [0.25, 0.3) is 0 Å². The first-order valence-electron chi connectivity index (χ1n) is 39.3. The molecule has 0 aliphatic heterocycles. The Balaban J connectivity index is 5.55. The van der Waals surface area contributed by atoms with Gasteiger partial charge in [-0.2, -0.15) is 0 Å². The summed E-state index contributed by atoms with van der Waals surface area (Å²) in [6.45, 7) is 4.22. The largest absolute Gasteiger partial charge is 0.472 e. The fourth-order valence-corrected chi connectivity index (χ4v) is 11.0. The van der Waals surface area contributed by atoms with E-state index >= 15 is 0 Å². The lowest BCUT2D eigenvalue weighted by atomic mass is 10.1. The van der Waals surface area contributed by atoms with E-state index in [1.807, 2.05) is 36.5 Å². The molecule has 0 heterocycles. The SMILES string of the molecule is CC/C=C\C/C=C\C/C=C\C/C=C\C/C=C\C/C=C\CCC(=O)OCC(COP(=O)(O)OCC(O)COP(=O)(O)OCC(COC(=O)CCCCCCC/C=C\C/C=C\C/C=C\CC)OC(=O)CCCCCCC/C=C\C/C=C\CCC)OC(=O)CC/C=C\C/C=C\C/C=C\C/C=C\C/C=C\C/C=C\CC. The van der Waals surface area contributed by atoms with Crippen molar-refractivity contribution in [3.05, 3.63) is 207 Å². The van der Waals surface area contributed by atoms with Crippen LogP contribution in [-0.2, 0) is 65.4 Å². The minimum absolute atomic E-state index is 0.0108. The molecule has 0 spiro atoms. The molecule has 5 atom stereocenters. The Kier molecular flexibility index (Phi) is 72.2. The number of esters is 4. The van der Waals surface area contributed by atoms with Crippen molar-refractivity contribution in [1.29, 1.82) is 0 Å². The van der Waals surface area contributed by atoms with Gasteiger partial charge in [-0.15, -0.1) is 0 Å². The van der Waals surface area contributed by atoms with E-state index in [2.05, 4.69) is 198 Å². The highest BCUT2D eigenvalue weighted by atomic mass is 31.2. The van der Waals surface area contributed by atoms with Crippen LogP contribution in [0.3, 0.4) is 0 Å². The lowest BCUT2D eigenvalue weighted by molar-refractivity contribution is -0.161. The van der Waals surface area contributed by atoms with Gasteiger partial charge in [0, 0.05) is 25.7 Å². The standard InChI is InChI=1S/C87H136O17P2/c1-5-9-13-17-21-25-29-33-36-38-40-42-45-49-52-56-60-64-68-72-85(90)98-78-83(104-87(92)74-70-66-62-58-54-50-46-43-41-39-37-34-30-26-22-18-14-10-6-2)80-102-106(95,96)100-76-81(88)75-99-105(93,94)101-79-82(103-86(91)73-69-65-61-57-53-47-32-28-24-20-16-12-8-4)77-97-84(89)71-67-63-59-55-51-48-44-35-31-27-23-19-15-11-7-3/h9-11,13-16,20-23,25-28,32-37,40-44,49-50,52,54,60,62,64,66,81-83,88H,5-8,12,17-19,24,29-31,38-39,45-48,51,53,55-59,61,63,65,67-80H2,1-4H3,(H,93,94)(H,95,96)/b13-9-,14-10-,15-11-,20-16-,25-21-,26-22-,27-23-,32-28-,36-33-,37-34-,42-40-,43-41-,44-35-,52-49-,54-50-,64-60-,66-62-. The molecule has 0 saturated carbocycles. The van der Waals surface area contributed by atoms with Gasteiger partial charge in [0.1, 0.15) is 19.3 Å². The van der Waals surface area contributed by atoms with E-state index in [1.54, 1.807) is 0 Å². The van der Waals surface area contributed by atoms with Gasteiger partial charge < -0.3 is 33.8 Å². The van der Waals surface area contributed by atoms with E-state index < -0.39 is 97.5 Å². The number of aliphatic hydroxyl groups is 1. The van der Waals surface area contributed by atoms with Crippen molar-refractivity contribution >= 4 is 39.5 Å². The molecule has 5 unspecified atom stereocenters. The molecule has 0 bridgehead atoms. The molecule has 0 aliphatic carbocycles. The van der Waals surface area contributed by atoms with Crippen molar-refractivity contribution in [2.75, 3.05) is 39.6 Å². The van der Waals surface area contributed by atoms with Gasteiger partial charge in [0.2, 0.25) is 0 Å². The van der Waals surface area contributed by atoms with E-state index in [0.717, 1.165) is 167 Å². The quantitative estimate of drug-likeness (QED) is 0.0169. The highest BCUT2D eigenvalue weighted by Gasteiger charge is 2.30. The van der Waals surface area contributed by atoms with Crippen molar-refractivity contribution in [3.8, 4) is 0 Å². The van der Waals surface area contributed by atoms with E-state index in [4.69, 9.17) is 37.0 Å². The highest BCUT2D eigenvalue weighted by molar-refractivity contribution is 7.47. The maximum absolute atomic E-state index is 13.1. The molecule has 17 nitrogen and oxygen atoms in total. The molecule has 106 heavy (non-hydrogen) atoms. The minimum atomic E-state index is -5.03. The van der Waals surface area contributed by atoms with E-state index in [0.29, 0.717) is 38.5 Å². The van der Waals surface area contributed by atoms with Crippen LogP contribution >= 0.6 is 15.6 Å². The fraction of sp³-hybridized carbons (Fsp3) is 0.563. The Hall–Kier alpha value is -6.36. The summed E-state index contributed by atoms with van der Waals surface area (Å²) in [5, 5.41) is 10.6. The molecule has 0 aromatic rings. The molecular weight excluding hydrogens is 1380 g/mol. The zero-order chi connectivity index (χ0) is 77.4. The van der Waals surface area contributed by atoms with Crippen LogP contribution in [0.5, 0.6) is 0 Å². The number of rotatable bonds is 71. The van der Waals surface area contributed by atoms with Gasteiger partial charge in [-0.1, -0.05) is 279 Å². The molecule has 0 aromatic carbocycles. The molecule has 0 aliphatic rings. The van der Waals surface area contributed by atoms with Gasteiger partial charge >= 0.3 is 39.5 Å². The Labute approximate surface area is 639 Å². The number of ether oxygens (including phenoxy) is 4. The van der Waals surface area contributed by atoms with Crippen molar-refractivity contribution in [1.82, 2.24) is 0 Å². The van der Waals surface area contributed by atoms with Crippen LogP contribution in [0.4, 0.5) is 0 Å². The summed E-state index contributed by atoms with van der Waals surface area (Å²) in [5.41, 5.74) is 0. The molecule has 0 aromatic heterocycles. The number of phosphoric acid groups is 2. The van der Waals surface area contributed by atoms with Gasteiger partial charge in [0.15, 0.2) is 12.2 Å². The third-order valence-corrected chi connectivity index (χ3v) is 17.1. The smallest absolute Gasteiger partial charge is 0.462 e. The van der Waals surface area contributed by atoms with E-state index in [-0.39, 0.29) is 25.7 Å². The van der Waals surface area contributed by atoms with E-state index in [9.17, 15) is 43.2 Å². The number of unbranched alkanes of at least 4 members (excludes halogenated alkanes) is 11. The van der Waals surface area contributed by atoms with Crippen molar-refractivity contribution in [2.45, 2.75) is 277 Å². The summed E-state index contributed by atoms with van der Waals surface area (Å²) < 4.78 is 68.4. The Morgan fingerprint density at radius 3 is 0.830 bits per heavy atom. The molecule has 596 valence electrons. The Morgan fingerprint density at radius 2 is 0.509 bits per heavy atom. The maximum Gasteiger partial charge on any atom is 0.472 e. The molecule has 3 N–H and O–H groups in total. The number of carbonyl (C=O) groups is 4. The number of phosphoric ester groups is 2. The average molecular weight is 1520 g/mol. The summed E-state index contributed by atoms with van der Waals surface area (Å²) >= 11 is 0. The normalized spacial score (nSPS) is 15.0. The highest BCUT2D eigenvalue weighted by Crippen LogP contribution is 2.45. The predicted octanol–water partition coefficient (Wildman–Crippen LogP) is 23.1. The van der Waals surface area contributed by atoms with Crippen molar-refractivity contribution < 1.29 is 80.2 Å². The topological polar surface area (TPSA) is 237 Å². The summed E-state index contributed by atoms with van der Waals surface area (Å²) in [4.78, 5) is 72.9. The van der Waals surface area contributed by atoms with Crippen LogP contribution in [0, 0.1) is 0 Å². The maximum atomic E-state index is 13.1. The zero-order valence-electron chi connectivity index (χ0n) is 65.0. The van der Waals surface area contributed by atoms with Crippen LogP contribution in [-0.4, -0.2) is 96.7 Å². The van der Waals surface area contributed by atoms with Gasteiger partial charge in [-0.05, 0) is 161 Å². The van der Waals surface area contributed by atoms with Gasteiger partial charge in [0.05, 0.1) is 26.4 Å². The zero-order valence-corrected chi connectivity index (χ0v) is 66.8. The first-order valence-corrected chi connectivity index (χ1v) is 42.3. The molecule has 0 fully saturated rings. The Morgan fingerprint density at radius 1 is 0.274 bits per heavy atom. The minimum Gasteiger partial charge on any atom is -0.462 e. The number of hydrogen-bond acceptors (Lipinski definition) is 15. The molecule has 0 rings (SSSR count). The summed E-state index contributed by atoms with van der Waals surface area (Å²) in [7, 11) is -10.0. The van der Waals surface area contributed by atoms with Crippen LogP contribution in [0.1, 0.15) is 259 Å². The Bertz CT molecular complexity index is 2830. The number of hydrogen-bond donors (Lipinski definition) is 3. The monoisotopic (exact) mass is 1510 g/mol. The summed E-state index contributed by atoms with van der Waals surface area (Å²) in [6, 6.07) is 0. The van der Waals surface area contributed by atoms with Crippen LogP contribution in [0.25, 0.3) is 0 Å². The average Bonchev–Trinajstić information content (AvgIpc) is 0.903. The fourth-order valence-electron chi connectivity index (χ4n) is 9.38. The van der Waals surface area contributed by atoms with Gasteiger partial charge in [-0.3, -0.25) is 37.3 Å².